The number of nitrogens with zero attached hydrogens (tertiary/aromatic N) is 3. The molecule has 1 rings (SSSR count). The smallest absolute Gasteiger partial charge is 0.305 e. The van der Waals surface area contributed by atoms with Crippen molar-refractivity contribution < 1.29 is 9.90 Å². The zero-order chi connectivity index (χ0) is 13.9. The molecule has 0 aliphatic rings. The zero-order valence-corrected chi connectivity index (χ0v) is 12.7. The van der Waals surface area contributed by atoms with Gasteiger partial charge in [0.25, 0.3) is 0 Å². The third kappa shape index (κ3) is 3.81. The van der Waals surface area contributed by atoms with Gasteiger partial charge >= 0.3 is 5.97 Å². The van der Waals surface area contributed by atoms with Crippen LogP contribution in [0.15, 0.2) is 10.7 Å². The summed E-state index contributed by atoms with van der Waals surface area (Å²) in [6.07, 6.45) is 1.60. The fourth-order valence-corrected chi connectivity index (χ4v) is 2.34. The van der Waals surface area contributed by atoms with Crippen LogP contribution in [0.4, 0.5) is 5.82 Å². The second-order valence-electron chi connectivity index (χ2n) is 4.33. The summed E-state index contributed by atoms with van der Waals surface area (Å²) in [5, 5.41) is 9.09. The Bertz CT molecular complexity index is 442. The Balaban J connectivity index is 3.04. The standard InChI is InChI=1S/C11H15BrClN3O2/c1-6(2)8(4-9(17)18)16(3)10-7(12)5-14-11(13)15-10/h5-6,8H,4H2,1-3H3,(H,17,18). The molecule has 0 saturated carbocycles. The molecular formula is C11H15BrClN3O2. The SMILES string of the molecule is CC(C)C(CC(=O)O)N(C)c1nc(Cl)ncc1Br. The van der Waals surface area contributed by atoms with Crippen LogP contribution in [0.3, 0.4) is 0 Å². The van der Waals surface area contributed by atoms with Gasteiger partial charge in [0, 0.05) is 19.3 Å². The Kier molecular flexibility index (Phi) is 5.34. The minimum atomic E-state index is -0.836. The lowest BCUT2D eigenvalue weighted by molar-refractivity contribution is -0.137. The van der Waals surface area contributed by atoms with Crippen molar-refractivity contribution in [1.29, 1.82) is 0 Å². The molecule has 1 atom stereocenters. The van der Waals surface area contributed by atoms with E-state index < -0.39 is 5.97 Å². The van der Waals surface area contributed by atoms with E-state index in [0.29, 0.717) is 10.3 Å². The van der Waals surface area contributed by atoms with Gasteiger partial charge < -0.3 is 10.0 Å². The first-order valence-electron chi connectivity index (χ1n) is 5.45. The highest BCUT2D eigenvalue weighted by Gasteiger charge is 2.24. The number of hydrogen-bond acceptors (Lipinski definition) is 4. The molecule has 0 radical (unpaired) electrons. The molecule has 0 spiro atoms. The maximum Gasteiger partial charge on any atom is 0.305 e. The van der Waals surface area contributed by atoms with Crippen molar-refractivity contribution in [2.24, 2.45) is 5.92 Å². The normalized spacial score (nSPS) is 12.6. The minimum absolute atomic E-state index is 0.0439. The Morgan fingerprint density at radius 1 is 1.61 bits per heavy atom. The minimum Gasteiger partial charge on any atom is -0.481 e. The number of anilines is 1. The summed E-state index contributed by atoms with van der Waals surface area (Å²) < 4.78 is 0.686. The maximum absolute atomic E-state index is 10.9. The molecule has 100 valence electrons. The summed E-state index contributed by atoms with van der Waals surface area (Å²) in [4.78, 5) is 20.7. The molecule has 0 aliphatic heterocycles. The number of aromatic nitrogens is 2. The number of carboxylic acids is 1. The van der Waals surface area contributed by atoms with Gasteiger partial charge in [-0.3, -0.25) is 4.79 Å². The number of carbonyl (C=O) groups is 1. The summed E-state index contributed by atoms with van der Waals surface area (Å²) in [5.74, 6) is -0.0708. The van der Waals surface area contributed by atoms with Crippen molar-refractivity contribution in [3.8, 4) is 0 Å². The molecule has 1 aromatic heterocycles. The van der Waals surface area contributed by atoms with Crippen LogP contribution < -0.4 is 4.90 Å². The topological polar surface area (TPSA) is 66.3 Å². The van der Waals surface area contributed by atoms with Crippen LogP contribution in [-0.2, 0) is 4.79 Å². The van der Waals surface area contributed by atoms with Crippen molar-refractivity contribution in [1.82, 2.24) is 9.97 Å². The number of rotatable bonds is 5. The first-order valence-corrected chi connectivity index (χ1v) is 6.62. The Morgan fingerprint density at radius 3 is 2.72 bits per heavy atom. The molecule has 0 aromatic carbocycles. The van der Waals surface area contributed by atoms with E-state index in [-0.39, 0.29) is 23.7 Å². The maximum atomic E-state index is 10.9. The van der Waals surface area contributed by atoms with Gasteiger partial charge in [0.2, 0.25) is 5.28 Å². The average Bonchev–Trinajstić information content (AvgIpc) is 2.27. The average molecular weight is 337 g/mol. The number of hydrogen-bond donors (Lipinski definition) is 1. The van der Waals surface area contributed by atoms with Crippen LogP contribution >= 0.6 is 27.5 Å². The van der Waals surface area contributed by atoms with Crippen LogP contribution in [0.5, 0.6) is 0 Å². The van der Waals surface area contributed by atoms with Crippen LogP contribution in [0, 0.1) is 5.92 Å². The lowest BCUT2D eigenvalue weighted by Crippen LogP contribution is -2.38. The summed E-state index contributed by atoms with van der Waals surface area (Å²) in [5.41, 5.74) is 0. The predicted octanol–water partition coefficient (Wildman–Crippen LogP) is 2.83. The molecule has 7 heteroatoms. The number of halogens is 2. The fraction of sp³-hybridized carbons (Fsp3) is 0.545. The summed E-state index contributed by atoms with van der Waals surface area (Å²) in [7, 11) is 1.80. The van der Waals surface area contributed by atoms with Crippen LogP contribution in [-0.4, -0.2) is 34.1 Å². The van der Waals surface area contributed by atoms with Crippen molar-refractivity contribution in [2.75, 3.05) is 11.9 Å². The van der Waals surface area contributed by atoms with Crippen LogP contribution in [0.2, 0.25) is 5.28 Å². The van der Waals surface area contributed by atoms with Crippen LogP contribution in [0.25, 0.3) is 0 Å². The Hall–Kier alpha value is -0.880. The van der Waals surface area contributed by atoms with E-state index in [9.17, 15) is 4.79 Å². The lowest BCUT2D eigenvalue weighted by atomic mass is 9.99. The predicted molar refractivity (Wildman–Crippen MR) is 74.0 cm³/mol. The zero-order valence-electron chi connectivity index (χ0n) is 10.4. The molecule has 0 fully saturated rings. The van der Waals surface area contributed by atoms with Gasteiger partial charge in [0.05, 0.1) is 10.9 Å². The monoisotopic (exact) mass is 335 g/mol. The summed E-state index contributed by atoms with van der Waals surface area (Å²) in [6, 6.07) is -0.162. The Labute approximate surface area is 119 Å². The number of aliphatic carboxylic acids is 1. The molecule has 0 saturated heterocycles. The van der Waals surface area contributed by atoms with E-state index in [1.165, 1.54) is 0 Å². The van der Waals surface area contributed by atoms with E-state index in [1.807, 2.05) is 18.7 Å². The quantitative estimate of drug-likeness (QED) is 0.838. The second kappa shape index (κ2) is 6.33. The van der Waals surface area contributed by atoms with Gasteiger partial charge in [0.1, 0.15) is 5.82 Å². The highest BCUT2D eigenvalue weighted by molar-refractivity contribution is 9.10. The van der Waals surface area contributed by atoms with E-state index in [1.54, 1.807) is 13.2 Å². The van der Waals surface area contributed by atoms with E-state index in [4.69, 9.17) is 16.7 Å². The summed E-state index contributed by atoms with van der Waals surface area (Å²) >= 11 is 9.11. The number of carboxylic acid groups (broad SMARTS) is 1. The highest BCUT2D eigenvalue weighted by Crippen LogP contribution is 2.27. The van der Waals surface area contributed by atoms with Crippen molar-refractivity contribution in [3.05, 3.63) is 16.0 Å². The highest BCUT2D eigenvalue weighted by atomic mass is 79.9. The van der Waals surface area contributed by atoms with Gasteiger partial charge in [-0.25, -0.2) is 4.98 Å². The van der Waals surface area contributed by atoms with Gasteiger partial charge in [-0.15, -0.1) is 0 Å². The largest absolute Gasteiger partial charge is 0.481 e. The molecule has 1 unspecified atom stereocenters. The fourth-order valence-electron chi connectivity index (χ4n) is 1.74. The first kappa shape index (κ1) is 15.2. The van der Waals surface area contributed by atoms with Gasteiger partial charge in [-0.2, -0.15) is 4.98 Å². The van der Waals surface area contributed by atoms with Gasteiger partial charge in [0.15, 0.2) is 0 Å². The molecular weight excluding hydrogens is 321 g/mol. The van der Waals surface area contributed by atoms with E-state index >= 15 is 0 Å². The molecule has 5 nitrogen and oxygen atoms in total. The van der Waals surface area contributed by atoms with Crippen molar-refractivity contribution in [2.45, 2.75) is 26.3 Å². The third-order valence-electron chi connectivity index (χ3n) is 2.68. The van der Waals surface area contributed by atoms with Crippen molar-refractivity contribution >= 4 is 39.3 Å². The summed E-state index contributed by atoms with van der Waals surface area (Å²) in [6.45, 7) is 3.95. The molecule has 1 aromatic rings. The lowest BCUT2D eigenvalue weighted by Gasteiger charge is -2.31. The van der Waals surface area contributed by atoms with Crippen LogP contribution in [0.1, 0.15) is 20.3 Å². The van der Waals surface area contributed by atoms with Gasteiger partial charge in [-0.1, -0.05) is 13.8 Å². The second-order valence-corrected chi connectivity index (χ2v) is 5.52. The molecule has 0 bridgehead atoms. The molecule has 0 aliphatic carbocycles. The van der Waals surface area contributed by atoms with E-state index in [2.05, 4.69) is 25.9 Å². The molecule has 0 amide bonds. The molecule has 1 heterocycles. The van der Waals surface area contributed by atoms with Crippen molar-refractivity contribution in [3.63, 3.8) is 0 Å². The van der Waals surface area contributed by atoms with E-state index in [0.717, 1.165) is 0 Å². The van der Waals surface area contributed by atoms with Gasteiger partial charge in [-0.05, 0) is 33.4 Å². The molecule has 1 N–H and O–H groups in total. The Morgan fingerprint density at radius 2 is 2.22 bits per heavy atom. The molecule has 18 heavy (non-hydrogen) atoms. The first-order chi connectivity index (χ1) is 8.32. The third-order valence-corrected chi connectivity index (χ3v) is 3.42.